The Hall–Kier alpha value is -1.55. The van der Waals surface area contributed by atoms with Crippen LogP contribution in [0.5, 0.6) is 0 Å². The van der Waals surface area contributed by atoms with Gasteiger partial charge in [0, 0.05) is 39.2 Å². The van der Waals surface area contributed by atoms with Crippen LogP contribution in [-0.4, -0.2) is 55.2 Å². The number of carbonyl (C=O) groups is 1. The first-order valence-corrected chi connectivity index (χ1v) is 8.79. The van der Waals surface area contributed by atoms with Crippen LogP contribution in [0.3, 0.4) is 0 Å². The summed E-state index contributed by atoms with van der Waals surface area (Å²) in [7, 11) is 1.80. The molecule has 126 valence electrons. The van der Waals surface area contributed by atoms with E-state index in [-0.39, 0.29) is 12.1 Å². The third-order valence-corrected chi connectivity index (χ3v) is 5.19. The highest BCUT2D eigenvalue weighted by Crippen LogP contribution is 2.25. The van der Waals surface area contributed by atoms with Crippen LogP contribution in [0.1, 0.15) is 30.4 Å². The average molecular weight is 316 g/mol. The van der Waals surface area contributed by atoms with Crippen LogP contribution in [0.2, 0.25) is 0 Å². The third-order valence-electron chi connectivity index (χ3n) is 5.19. The topological polar surface area (TPSA) is 32.8 Å². The number of ether oxygens (including phenoxy) is 1. The van der Waals surface area contributed by atoms with Gasteiger partial charge in [-0.05, 0) is 38.2 Å². The molecular formula is C19H28N2O2. The minimum absolute atomic E-state index is 0.228. The number of nitrogens with zero attached hydrogens (tertiary/aromatic N) is 2. The van der Waals surface area contributed by atoms with Gasteiger partial charge in [-0.3, -0.25) is 0 Å². The fraction of sp³-hybridized carbons (Fsp3) is 0.632. The molecule has 0 aromatic heterocycles. The predicted octanol–water partition coefficient (Wildman–Crippen LogP) is 3.09. The SMILES string of the molecule is CO[C@H]1CCN(C(=O)N2CCCC2)C[C@H]1Cc1cccc(C)c1. The molecule has 2 fully saturated rings. The van der Waals surface area contributed by atoms with Crippen LogP contribution in [0.25, 0.3) is 0 Å². The molecule has 2 aliphatic rings. The van der Waals surface area contributed by atoms with Crippen molar-refractivity contribution in [2.75, 3.05) is 33.3 Å². The zero-order valence-corrected chi connectivity index (χ0v) is 14.3. The predicted molar refractivity (Wildman–Crippen MR) is 91.6 cm³/mol. The lowest BCUT2D eigenvalue weighted by atomic mass is 9.88. The molecule has 4 heteroatoms. The largest absolute Gasteiger partial charge is 0.381 e. The zero-order chi connectivity index (χ0) is 16.2. The lowest BCUT2D eigenvalue weighted by Gasteiger charge is -2.39. The van der Waals surface area contributed by atoms with Crippen molar-refractivity contribution >= 4 is 6.03 Å². The molecule has 23 heavy (non-hydrogen) atoms. The molecular weight excluding hydrogens is 288 g/mol. The van der Waals surface area contributed by atoms with Gasteiger partial charge in [0.1, 0.15) is 0 Å². The van der Waals surface area contributed by atoms with E-state index in [0.29, 0.717) is 5.92 Å². The molecule has 1 aromatic rings. The van der Waals surface area contributed by atoms with Crippen LogP contribution < -0.4 is 0 Å². The van der Waals surface area contributed by atoms with E-state index in [0.717, 1.165) is 51.9 Å². The Balaban J connectivity index is 1.67. The van der Waals surface area contributed by atoms with E-state index in [1.807, 2.05) is 9.80 Å². The van der Waals surface area contributed by atoms with Gasteiger partial charge < -0.3 is 14.5 Å². The van der Waals surface area contributed by atoms with Crippen molar-refractivity contribution in [3.63, 3.8) is 0 Å². The Morgan fingerprint density at radius 1 is 1.22 bits per heavy atom. The Bertz CT molecular complexity index is 540. The van der Waals surface area contributed by atoms with Gasteiger partial charge in [-0.2, -0.15) is 0 Å². The molecule has 1 aromatic carbocycles. The molecule has 0 bridgehead atoms. The monoisotopic (exact) mass is 316 g/mol. The zero-order valence-electron chi connectivity index (χ0n) is 14.3. The van der Waals surface area contributed by atoms with Crippen molar-refractivity contribution < 1.29 is 9.53 Å². The fourth-order valence-corrected chi connectivity index (χ4v) is 3.94. The summed E-state index contributed by atoms with van der Waals surface area (Å²) in [6, 6.07) is 8.89. The molecule has 2 atom stereocenters. The number of aryl methyl sites for hydroxylation is 1. The Kier molecular flexibility index (Phi) is 5.21. The van der Waals surface area contributed by atoms with Crippen molar-refractivity contribution in [3.8, 4) is 0 Å². The van der Waals surface area contributed by atoms with Gasteiger partial charge in [0.15, 0.2) is 0 Å². The van der Waals surface area contributed by atoms with E-state index in [1.54, 1.807) is 7.11 Å². The maximum absolute atomic E-state index is 12.7. The summed E-state index contributed by atoms with van der Waals surface area (Å²) in [5.74, 6) is 0.377. The first-order chi connectivity index (χ1) is 11.2. The van der Waals surface area contributed by atoms with Gasteiger partial charge in [-0.1, -0.05) is 29.8 Å². The number of benzene rings is 1. The summed E-state index contributed by atoms with van der Waals surface area (Å²) in [5, 5.41) is 0. The molecule has 2 amide bonds. The van der Waals surface area contributed by atoms with Gasteiger partial charge in [-0.25, -0.2) is 4.79 Å². The van der Waals surface area contributed by atoms with Crippen LogP contribution in [0, 0.1) is 12.8 Å². The number of piperidine rings is 1. The normalized spacial score (nSPS) is 25.0. The number of hydrogen-bond donors (Lipinski definition) is 0. The van der Waals surface area contributed by atoms with E-state index in [2.05, 4.69) is 31.2 Å². The summed E-state index contributed by atoms with van der Waals surface area (Å²) in [6.45, 7) is 5.60. The van der Waals surface area contributed by atoms with Gasteiger partial charge >= 0.3 is 6.03 Å². The summed E-state index contributed by atoms with van der Waals surface area (Å²) < 4.78 is 5.71. The van der Waals surface area contributed by atoms with Gasteiger partial charge in [0.05, 0.1) is 6.10 Å². The number of methoxy groups -OCH3 is 1. The standard InChI is InChI=1S/C19H28N2O2/c1-15-6-5-7-16(12-15)13-17-14-21(11-8-18(17)23-2)19(22)20-9-3-4-10-20/h5-7,12,17-18H,3-4,8-11,13-14H2,1-2H3/t17-,18+/m1/s1. The highest BCUT2D eigenvalue weighted by Gasteiger charge is 2.33. The highest BCUT2D eigenvalue weighted by molar-refractivity contribution is 5.74. The lowest BCUT2D eigenvalue weighted by molar-refractivity contribution is 0.000635. The maximum atomic E-state index is 12.7. The number of carbonyl (C=O) groups excluding carboxylic acids is 1. The number of amides is 2. The van der Waals surface area contributed by atoms with E-state index < -0.39 is 0 Å². The van der Waals surface area contributed by atoms with Crippen molar-refractivity contribution in [3.05, 3.63) is 35.4 Å². The number of urea groups is 1. The van der Waals surface area contributed by atoms with Gasteiger partial charge in [-0.15, -0.1) is 0 Å². The van der Waals surface area contributed by atoms with Gasteiger partial charge in [0.2, 0.25) is 0 Å². The van der Waals surface area contributed by atoms with Crippen molar-refractivity contribution in [1.29, 1.82) is 0 Å². The number of rotatable bonds is 3. The second-order valence-electron chi connectivity index (χ2n) is 6.94. The van der Waals surface area contributed by atoms with E-state index in [9.17, 15) is 4.79 Å². The minimum Gasteiger partial charge on any atom is -0.381 e. The molecule has 2 heterocycles. The summed E-state index contributed by atoms with van der Waals surface area (Å²) >= 11 is 0. The third kappa shape index (κ3) is 3.86. The second-order valence-corrected chi connectivity index (χ2v) is 6.94. The highest BCUT2D eigenvalue weighted by atomic mass is 16.5. The number of hydrogen-bond acceptors (Lipinski definition) is 2. The van der Waals surface area contributed by atoms with E-state index >= 15 is 0 Å². The molecule has 2 saturated heterocycles. The fourth-order valence-electron chi connectivity index (χ4n) is 3.94. The first kappa shape index (κ1) is 16.3. The quantitative estimate of drug-likeness (QED) is 0.858. The van der Waals surface area contributed by atoms with E-state index in [4.69, 9.17) is 4.74 Å². The van der Waals surface area contributed by atoms with Crippen molar-refractivity contribution in [2.24, 2.45) is 5.92 Å². The average Bonchev–Trinajstić information content (AvgIpc) is 3.08. The second kappa shape index (κ2) is 7.35. The molecule has 0 saturated carbocycles. The Morgan fingerprint density at radius 3 is 2.70 bits per heavy atom. The molecule has 0 spiro atoms. The van der Waals surface area contributed by atoms with Crippen LogP contribution in [0.4, 0.5) is 4.79 Å². The van der Waals surface area contributed by atoms with Crippen molar-refractivity contribution in [2.45, 2.75) is 38.7 Å². The summed E-state index contributed by atoms with van der Waals surface area (Å²) in [5.41, 5.74) is 2.63. The minimum atomic E-state index is 0.228. The molecule has 0 aliphatic carbocycles. The van der Waals surface area contributed by atoms with Gasteiger partial charge in [0.25, 0.3) is 0 Å². The van der Waals surface area contributed by atoms with Crippen molar-refractivity contribution in [1.82, 2.24) is 9.80 Å². The molecule has 3 rings (SSSR count). The molecule has 0 N–H and O–H groups in total. The molecule has 2 aliphatic heterocycles. The Morgan fingerprint density at radius 2 is 2.00 bits per heavy atom. The van der Waals surface area contributed by atoms with E-state index in [1.165, 1.54) is 11.1 Å². The molecule has 0 radical (unpaired) electrons. The Labute approximate surface area is 139 Å². The molecule has 4 nitrogen and oxygen atoms in total. The smallest absolute Gasteiger partial charge is 0.320 e. The van der Waals surface area contributed by atoms with Crippen LogP contribution >= 0.6 is 0 Å². The summed E-state index contributed by atoms with van der Waals surface area (Å²) in [4.78, 5) is 16.7. The molecule has 0 unspecified atom stereocenters. The van der Waals surface area contributed by atoms with Crippen LogP contribution in [0.15, 0.2) is 24.3 Å². The maximum Gasteiger partial charge on any atom is 0.320 e. The first-order valence-electron chi connectivity index (χ1n) is 8.79. The number of likely N-dealkylation sites (tertiary alicyclic amines) is 2. The van der Waals surface area contributed by atoms with Crippen LogP contribution in [-0.2, 0) is 11.2 Å². The lowest BCUT2D eigenvalue weighted by Crippen LogP contribution is -2.51. The summed E-state index contributed by atoms with van der Waals surface area (Å²) in [6.07, 6.45) is 4.45.